The van der Waals surface area contributed by atoms with Gasteiger partial charge in [0.25, 0.3) is 5.91 Å². The lowest BCUT2D eigenvalue weighted by Crippen LogP contribution is -2.25. The van der Waals surface area contributed by atoms with E-state index >= 15 is 0 Å². The molecule has 0 fully saturated rings. The first kappa shape index (κ1) is 11.3. The molecular weight excluding hydrogens is 188 g/mol. The summed E-state index contributed by atoms with van der Waals surface area (Å²) in [5, 5.41) is 0. The molecule has 1 rings (SSSR count). The Hall–Kier alpha value is -1.77. The fourth-order valence-electron chi connectivity index (χ4n) is 1.26. The highest BCUT2D eigenvalue weighted by atomic mass is 16.2. The standard InChI is InChI=1S/C12H16N2O/c1-9(2)8-12(15)14(3)11-7-5-4-6-10(11)13/h4-8H,13H2,1-3H3. The van der Waals surface area contributed by atoms with E-state index in [-0.39, 0.29) is 5.91 Å². The Bertz CT molecular complexity index is 392. The zero-order valence-electron chi connectivity index (χ0n) is 9.32. The van der Waals surface area contributed by atoms with E-state index in [4.69, 9.17) is 5.73 Å². The molecule has 0 aliphatic carbocycles. The fraction of sp³-hybridized carbons (Fsp3) is 0.250. The summed E-state index contributed by atoms with van der Waals surface area (Å²) < 4.78 is 0. The van der Waals surface area contributed by atoms with Gasteiger partial charge in [-0.3, -0.25) is 4.79 Å². The summed E-state index contributed by atoms with van der Waals surface area (Å²) in [6.07, 6.45) is 1.59. The minimum atomic E-state index is -0.0621. The number of nitrogen functional groups attached to an aromatic ring is 1. The second-order valence-electron chi connectivity index (χ2n) is 3.68. The van der Waals surface area contributed by atoms with Gasteiger partial charge in [0.2, 0.25) is 0 Å². The molecule has 0 aliphatic heterocycles. The van der Waals surface area contributed by atoms with E-state index in [0.29, 0.717) is 5.69 Å². The van der Waals surface area contributed by atoms with Gasteiger partial charge in [-0.2, -0.15) is 0 Å². The van der Waals surface area contributed by atoms with E-state index in [0.717, 1.165) is 11.3 Å². The number of carbonyl (C=O) groups excluding carboxylic acids is 1. The highest BCUT2D eigenvalue weighted by Crippen LogP contribution is 2.21. The first-order valence-corrected chi connectivity index (χ1v) is 4.79. The second kappa shape index (κ2) is 4.64. The van der Waals surface area contributed by atoms with Gasteiger partial charge >= 0.3 is 0 Å². The minimum Gasteiger partial charge on any atom is -0.397 e. The van der Waals surface area contributed by atoms with Crippen molar-refractivity contribution in [1.29, 1.82) is 0 Å². The lowest BCUT2D eigenvalue weighted by molar-refractivity contribution is -0.113. The average molecular weight is 204 g/mol. The molecule has 3 heteroatoms. The molecule has 0 aliphatic rings. The normalized spacial score (nSPS) is 9.53. The highest BCUT2D eigenvalue weighted by molar-refractivity contribution is 6.03. The summed E-state index contributed by atoms with van der Waals surface area (Å²) in [6.45, 7) is 3.78. The molecule has 80 valence electrons. The minimum absolute atomic E-state index is 0.0621. The van der Waals surface area contributed by atoms with Crippen LogP contribution in [-0.2, 0) is 4.79 Å². The molecule has 0 atom stereocenters. The predicted molar refractivity (Wildman–Crippen MR) is 63.7 cm³/mol. The zero-order chi connectivity index (χ0) is 11.4. The van der Waals surface area contributed by atoms with Gasteiger partial charge in [-0.25, -0.2) is 0 Å². The second-order valence-corrected chi connectivity index (χ2v) is 3.68. The molecule has 15 heavy (non-hydrogen) atoms. The number of anilines is 2. The van der Waals surface area contributed by atoms with E-state index in [1.807, 2.05) is 32.0 Å². The number of amides is 1. The topological polar surface area (TPSA) is 46.3 Å². The van der Waals surface area contributed by atoms with Gasteiger partial charge in [-0.1, -0.05) is 17.7 Å². The number of rotatable bonds is 2. The van der Waals surface area contributed by atoms with Crippen molar-refractivity contribution in [1.82, 2.24) is 0 Å². The molecule has 2 N–H and O–H groups in total. The van der Waals surface area contributed by atoms with Gasteiger partial charge in [0, 0.05) is 13.1 Å². The van der Waals surface area contributed by atoms with Gasteiger partial charge in [0.05, 0.1) is 11.4 Å². The molecule has 0 radical (unpaired) electrons. The van der Waals surface area contributed by atoms with Crippen LogP contribution in [0.15, 0.2) is 35.9 Å². The van der Waals surface area contributed by atoms with Crippen molar-refractivity contribution in [2.24, 2.45) is 0 Å². The maximum atomic E-state index is 11.7. The van der Waals surface area contributed by atoms with Crippen LogP contribution in [0.2, 0.25) is 0 Å². The maximum Gasteiger partial charge on any atom is 0.250 e. The van der Waals surface area contributed by atoms with Crippen LogP contribution in [0.25, 0.3) is 0 Å². The third-order valence-corrected chi connectivity index (χ3v) is 2.04. The molecule has 1 amide bonds. The molecule has 0 spiro atoms. The van der Waals surface area contributed by atoms with Gasteiger partial charge in [-0.15, -0.1) is 0 Å². The largest absolute Gasteiger partial charge is 0.397 e. The van der Waals surface area contributed by atoms with Crippen LogP contribution in [0, 0.1) is 0 Å². The number of hydrogen-bond acceptors (Lipinski definition) is 2. The SMILES string of the molecule is CC(C)=CC(=O)N(C)c1ccccc1N. The van der Waals surface area contributed by atoms with Crippen LogP contribution >= 0.6 is 0 Å². The first-order chi connectivity index (χ1) is 7.02. The van der Waals surface area contributed by atoms with Crippen molar-refractivity contribution in [2.75, 3.05) is 17.7 Å². The molecule has 0 heterocycles. The van der Waals surface area contributed by atoms with Crippen molar-refractivity contribution in [3.05, 3.63) is 35.9 Å². The third kappa shape index (κ3) is 2.84. The number of allylic oxidation sites excluding steroid dienone is 1. The zero-order valence-corrected chi connectivity index (χ0v) is 9.32. The number of nitrogens with zero attached hydrogens (tertiary/aromatic N) is 1. The van der Waals surface area contributed by atoms with E-state index < -0.39 is 0 Å². The van der Waals surface area contributed by atoms with Crippen molar-refractivity contribution < 1.29 is 4.79 Å². The Balaban J connectivity index is 2.95. The lowest BCUT2D eigenvalue weighted by atomic mass is 10.2. The van der Waals surface area contributed by atoms with Crippen LogP contribution in [0.5, 0.6) is 0 Å². The number of benzene rings is 1. The fourth-order valence-corrected chi connectivity index (χ4v) is 1.26. The van der Waals surface area contributed by atoms with Crippen LogP contribution in [-0.4, -0.2) is 13.0 Å². The van der Waals surface area contributed by atoms with E-state index in [1.54, 1.807) is 24.1 Å². The first-order valence-electron chi connectivity index (χ1n) is 4.79. The van der Waals surface area contributed by atoms with Crippen molar-refractivity contribution >= 4 is 17.3 Å². The Kier molecular flexibility index (Phi) is 3.50. The van der Waals surface area contributed by atoms with Crippen LogP contribution < -0.4 is 10.6 Å². The highest BCUT2D eigenvalue weighted by Gasteiger charge is 2.09. The Morgan fingerprint density at radius 3 is 2.47 bits per heavy atom. The summed E-state index contributed by atoms with van der Waals surface area (Å²) in [5.74, 6) is -0.0621. The summed E-state index contributed by atoms with van der Waals surface area (Å²) in [4.78, 5) is 13.2. The number of nitrogens with two attached hydrogens (primary N) is 1. The molecule has 0 saturated carbocycles. The summed E-state index contributed by atoms with van der Waals surface area (Å²) in [7, 11) is 1.72. The predicted octanol–water partition coefficient (Wildman–Crippen LogP) is 2.20. The number of carbonyl (C=O) groups is 1. The lowest BCUT2D eigenvalue weighted by Gasteiger charge is -2.17. The summed E-state index contributed by atoms with van der Waals surface area (Å²) >= 11 is 0. The molecule has 0 saturated heterocycles. The van der Waals surface area contributed by atoms with Crippen molar-refractivity contribution in [2.45, 2.75) is 13.8 Å². The molecule has 1 aromatic rings. The van der Waals surface area contributed by atoms with Crippen LogP contribution in [0.3, 0.4) is 0 Å². The summed E-state index contributed by atoms with van der Waals surface area (Å²) in [6, 6.07) is 7.31. The quantitative estimate of drug-likeness (QED) is 0.593. The van der Waals surface area contributed by atoms with Gasteiger partial charge in [0.15, 0.2) is 0 Å². The van der Waals surface area contributed by atoms with Gasteiger partial charge in [0.1, 0.15) is 0 Å². The molecule has 3 nitrogen and oxygen atoms in total. The number of hydrogen-bond donors (Lipinski definition) is 1. The van der Waals surface area contributed by atoms with E-state index in [9.17, 15) is 4.79 Å². The van der Waals surface area contributed by atoms with E-state index in [1.165, 1.54) is 0 Å². The monoisotopic (exact) mass is 204 g/mol. The van der Waals surface area contributed by atoms with Crippen LogP contribution in [0.1, 0.15) is 13.8 Å². The van der Waals surface area contributed by atoms with Gasteiger partial charge < -0.3 is 10.6 Å². The molecule has 1 aromatic carbocycles. The van der Waals surface area contributed by atoms with E-state index in [2.05, 4.69) is 0 Å². The van der Waals surface area contributed by atoms with Gasteiger partial charge in [-0.05, 0) is 26.0 Å². The Labute approximate surface area is 90.2 Å². The smallest absolute Gasteiger partial charge is 0.250 e. The molecule has 0 unspecified atom stereocenters. The maximum absolute atomic E-state index is 11.7. The molecule has 0 bridgehead atoms. The average Bonchev–Trinajstić information content (AvgIpc) is 2.16. The molecule has 0 aromatic heterocycles. The summed E-state index contributed by atoms with van der Waals surface area (Å²) in [5.41, 5.74) is 8.09. The van der Waals surface area contributed by atoms with Crippen molar-refractivity contribution in [3.63, 3.8) is 0 Å². The van der Waals surface area contributed by atoms with Crippen LogP contribution in [0.4, 0.5) is 11.4 Å². The number of likely N-dealkylation sites (N-methyl/N-ethyl adjacent to an activating group) is 1. The third-order valence-electron chi connectivity index (χ3n) is 2.04. The molecular formula is C12H16N2O. The Morgan fingerprint density at radius 1 is 1.33 bits per heavy atom. The Morgan fingerprint density at radius 2 is 1.93 bits per heavy atom. The van der Waals surface area contributed by atoms with Crippen molar-refractivity contribution in [3.8, 4) is 0 Å². The number of para-hydroxylation sites is 2.